The minimum atomic E-state index is -1.05. The van der Waals surface area contributed by atoms with E-state index in [2.05, 4.69) is 15.5 Å². The predicted octanol–water partition coefficient (Wildman–Crippen LogP) is 1.66. The Morgan fingerprint density at radius 2 is 1.83 bits per heavy atom. The molecule has 1 atom stereocenters. The Bertz CT molecular complexity index is 499. The summed E-state index contributed by atoms with van der Waals surface area (Å²) in [5, 5.41) is 4.74. The van der Waals surface area contributed by atoms with Crippen molar-refractivity contribution in [2.75, 3.05) is 18.8 Å². The molecule has 0 spiro atoms. The normalized spacial score (nSPS) is 15.6. The molecule has 1 heterocycles. The number of thiocarbonyl (C=S) groups is 1. The van der Waals surface area contributed by atoms with Crippen LogP contribution in [0.1, 0.15) is 40.5 Å². The van der Waals surface area contributed by atoms with E-state index in [0.717, 1.165) is 25.9 Å². The van der Waals surface area contributed by atoms with Gasteiger partial charge < -0.3 is 15.0 Å². The van der Waals surface area contributed by atoms with Crippen molar-refractivity contribution in [1.82, 2.24) is 15.5 Å². The zero-order valence-electron chi connectivity index (χ0n) is 14.5. The molecule has 1 aliphatic heterocycles. The monoisotopic (exact) mass is 375 g/mol. The van der Waals surface area contributed by atoms with Crippen molar-refractivity contribution < 1.29 is 19.1 Å². The van der Waals surface area contributed by atoms with Crippen LogP contribution in [0.15, 0.2) is 0 Å². The highest BCUT2D eigenvalue weighted by Gasteiger charge is 2.23. The predicted molar refractivity (Wildman–Crippen MR) is 97.8 cm³/mol. The summed E-state index contributed by atoms with van der Waals surface area (Å²) in [6.07, 6.45) is 1.17. The Balaban J connectivity index is 2.30. The van der Waals surface area contributed by atoms with Crippen molar-refractivity contribution >= 4 is 46.2 Å². The number of carbonyl (C=O) groups excluding carboxylic acids is 3. The Kier molecular flexibility index (Phi) is 7.95. The highest BCUT2D eigenvalue weighted by atomic mass is 32.2. The summed E-state index contributed by atoms with van der Waals surface area (Å²) in [4.78, 5) is 37.3. The quantitative estimate of drug-likeness (QED) is 0.571. The molecule has 0 aliphatic carbocycles. The molecule has 0 radical (unpaired) electrons. The zero-order chi connectivity index (χ0) is 18.3. The van der Waals surface area contributed by atoms with Crippen LogP contribution in [0.3, 0.4) is 0 Å². The first kappa shape index (κ1) is 20.7. The molecule has 1 saturated heterocycles. The summed E-state index contributed by atoms with van der Waals surface area (Å²) in [6.45, 7) is 8.63. The number of nitrogens with zero attached hydrogens (tertiary/aromatic N) is 1. The average Bonchev–Trinajstić information content (AvgIpc) is 2.96. The molecule has 0 saturated carbocycles. The SMILES string of the molecule is C[C@@H](OC(=O)CSC(=S)N1CCCC1)C(=O)NC(=O)NC(C)(C)C. The molecule has 3 amide bonds. The maximum Gasteiger partial charge on any atom is 0.321 e. The molecule has 9 heteroatoms. The van der Waals surface area contributed by atoms with Gasteiger partial charge in [0, 0.05) is 18.6 Å². The van der Waals surface area contributed by atoms with Crippen molar-refractivity contribution in [3.05, 3.63) is 0 Å². The van der Waals surface area contributed by atoms with E-state index in [4.69, 9.17) is 17.0 Å². The minimum Gasteiger partial charge on any atom is -0.452 e. The number of carbonyl (C=O) groups is 3. The lowest BCUT2D eigenvalue weighted by Gasteiger charge is -2.21. The molecule has 0 bridgehead atoms. The maximum absolute atomic E-state index is 11.8. The molecular weight excluding hydrogens is 350 g/mol. The third-order valence-corrected chi connectivity index (χ3v) is 4.58. The Labute approximate surface area is 152 Å². The van der Waals surface area contributed by atoms with Crippen molar-refractivity contribution in [3.8, 4) is 0 Å². The first-order valence-electron chi connectivity index (χ1n) is 7.82. The Morgan fingerprint density at radius 1 is 1.25 bits per heavy atom. The molecule has 0 aromatic heterocycles. The van der Waals surface area contributed by atoms with E-state index in [1.54, 1.807) is 20.8 Å². The summed E-state index contributed by atoms with van der Waals surface area (Å²) < 4.78 is 5.70. The number of esters is 1. The number of likely N-dealkylation sites (tertiary alicyclic amines) is 1. The molecule has 0 aromatic carbocycles. The standard InChI is InChI=1S/C15H25N3O4S2/c1-10(12(20)16-13(21)17-15(2,3)4)22-11(19)9-24-14(23)18-7-5-6-8-18/h10H,5-9H2,1-4H3,(H2,16,17,20,21)/t10-/m1/s1. The van der Waals surface area contributed by atoms with Gasteiger partial charge in [-0.15, -0.1) is 0 Å². The van der Waals surface area contributed by atoms with Crippen LogP contribution in [-0.2, 0) is 14.3 Å². The van der Waals surface area contributed by atoms with Gasteiger partial charge >= 0.3 is 12.0 Å². The highest BCUT2D eigenvalue weighted by molar-refractivity contribution is 8.23. The summed E-state index contributed by atoms with van der Waals surface area (Å²) >= 11 is 6.48. The average molecular weight is 376 g/mol. The number of urea groups is 1. The third-order valence-electron chi connectivity index (χ3n) is 3.08. The fourth-order valence-electron chi connectivity index (χ4n) is 1.98. The van der Waals surface area contributed by atoms with Crippen LogP contribution in [0.5, 0.6) is 0 Å². The van der Waals surface area contributed by atoms with Gasteiger partial charge in [0.1, 0.15) is 4.32 Å². The fourth-order valence-corrected chi connectivity index (χ4v) is 3.02. The summed E-state index contributed by atoms with van der Waals surface area (Å²) in [5.74, 6) is -1.17. The third kappa shape index (κ3) is 7.96. The molecule has 1 rings (SSSR count). The Hall–Kier alpha value is -1.35. The van der Waals surface area contributed by atoms with Gasteiger partial charge in [-0.25, -0.2) is 4.79 Å². The van der Waals surface area contributed by atoms with Gasteiger partial charge in [-0.05, 0) is 40.5 Å². The van der Waals surface area contributed by atoms with Gasteiger partial charge in [-0.3, -0.25) is 14.9 Å². The van der Waals surface area contributed by atoms with Gasteiger partial charge in [0.05, 0.1) is 5.75 Å². The first-order valence-corrected chi connectivity index (χ1v) is 9.22. The number of thioether (sulfide) groups is 1. The molecule has 0 aromatic rings. The molecule has 24 heavy (non-hydrogen) atoms. The van der Waals surface area contributed by atoms with E-state index in [1.165, 1.54) is 18.7 Å². The fraction of sp³-hybridized carbons (Fsp3) is 0.733. The van der Waals surface area contributed by atoms with E-state index < -0.39 is 29.6 Å². The number of nitrogens with one attached hydrogen (secondary N) is 2. The second-order valence-electron chi connectivity index (χ2n) is 6.57. The van der Waals surface area contributed by atoms with Crippen molar-refractivity contribution in [1.29, 1.82) is 0 Å². The van der Waals surface area contributed by atoms with Gasteiger partial charge in [0.15, 0.2) is 6.10 Å². The van der Waals surface area contributed by atoms with Crippen LogP contribution >= 0.6 is 24.0 Å². The van der Waals surface area contributed by atoms with E-state index >= 15 is 0 Å². The van der Waals surface area contributed by atoms with E-state index in [1.807, 2.05) is 0 Å². The highest BCUT2D eigenvalue weighted by Crippen LogP contribution is 2.16. The largest absolute Gasteiger partial charge is 0.452 e. The molecule has 0 unspecified atom stereocenters. The van der Waals surface area contributed by atoms with Crippen LogP contribution < -0.4 is 10.6 Å². The first-order chi connectivity index (χ1) is 11.1. The van der Waals surface area contributed by atoms with Crippen molar-refractivity contribution in [2.45, 2.75) is 52.2 Å². The summed E-state index contributed by atoms with van der Waals surface area (Å²) in [7, 11) is 0. The van der Waals surface area contributed by atoms with Crippen LogP contribution in [0.25, 0.3) is 0 Å². The maximum atomic E-state index is 11.8. The van der Waals surface area contributed by atoms with Gasteiger partial charge in [-0.2, -0.15) is 0 Å². The Morgan fingerprint density at radius 3 is 2.38 bits per heavy atom. The number of amides is 3. The minimum absolute atomic E-state index is 0.0428. The molecular formula is C15H25N3O4S2. The van der Waals surface area contributed by atoms with Gasteiger partial charge in [-0.1, -0.05) is 24.0 Å². The van der Waals surface area contributed by atoms with Crippen molar-refractivity contribution in [2.24, 2.45) is 0 Å². The second kappa shape index (κ2) is 9.22. The van der Waals surface area contributed by atoms with Crippen LogP contribution in [0.2, 0.25) is 0 Å². The van der Waals surface area contributed by atoms with Crippen LogP contribution in [-0.4, -0.2) is 57.6 Å². The molecule has 7 nitrogen and oxygen atoms in total. The number of imide groups is 1. The van der Waals surface area contributed by atoms with Crippen LogP contribution in [0.4, 0.5) is 4.79 Å². The number of rotatable bonds is 4. The summed E-state index contributed by atoms with van der Waals surface area (Å²) in [6, 6.07) is -0.625. The van der Waals surface area contributed by atoms with E-state index in [9.17, 15) is 14.4 Å². The second-order valence-corrected chi connectivity index (χ2v) is 8.18. The topological polar surface area (TPSA) is 87.7 Å². The van der Waals surface area contributed by atoms with Gasteiger partial charge in [0.25, 0.3) is 5.91 Å². The van der Waals surface area contributed by atoms with Crippen LogP contribution in [0, 0.1) is 0 Å². The molecule has 1 aliphatic rings. The molecule has 136 valence electrons. The van der Waals surface area contributed by atoms with E-state index in [0.29, 0.717) is 4.32 Å². The lowest BCUT2D eigenvalue weighted by atomic mass is 10.1. The van der Waals surface area contributed by atoms with Crippen molar-refractivity contribution in [3.63, 3.8) is 0 Å². The number of hydrogen-bond acceptors (Lipinski definition) is 6. The summed E-state index contributed by atoms with van der Waals surface area (Å²) in [5.41, 5.74) is -0.466. The van der Waals surface area contributed by atoms with Gasteiger partial charge in [0.2, 0.25) is 0 Å². The molecule has 2 N–H and O–H groups in total. The number of ether oxygens (including phenoxy) is 1. The smallest absolute Gasteiger partial charge is 0.321 e. The lowest BCUT2D eigenvalue weighted by Crippen LogP contribution is -2.50. The number of hydrogen-bond donors (Lipinski definition) is 2. The van der Waals surface area contributed by atoms with E-state index in [-0.39, 0.29) is 5.75 Å². The lowest BCUT2D eigenvalue weighted by molar-refractivity contribution is -0.151. The molecule has 1 fully saturated rings. The zero-order valence-corrected chi connectivity index (χ0v) is 16.1.